The van der Waals surface area contributed by atoms with Crippen molar-refractivity contribution in [2.24, 2.45) is 7.05 Å². The molecule has 3 rings (SSSR count). The van der Waals surface area contributed by atoms with Crippen LogP contribution in [0.3, 0.4) is 0 Å². The molecule has 0 unspecified atom stereocenters. The molecular weight excluding hydrogens is 278 g/mol. The topological polar surface area (TPSA) is 80.1 Å². The van der Waals surface area contributed by atoms with Crippen molar-refractivity contribution in [2.45, 2.75) is 36.1 Å². The second-order valence-corrected chi connectivity index (χ2v) is 6.46. The second-order valence-electron chi connectivity index (χ2n) is 5.16. The lowest BCUT2D eigenvalue weighted by atomic mass is 10.4. The van der Waals surface area contributed by atoms with Crippen molar-refractivity contribution >= 4 is 23.7 Å². The van der Waals surface area contributed by atoms with Crippen LogP contribution < -0.4 is 5.32 Å². The van der Waals surface area contributed by atoms with E-state index in [1.807, 2.05) is 11.6 Å². The molecule has 20 heavy (non-hydrogen) atoms. The van der Waals surface area contributed by atoms with Gasteiger partial charge in [0.2, 0.25) is 5.91 Å². The minimum atomic E-state index is -0.353. The molecule has 0 radical (unpaired) electrons. The van der Waals surface area contributed by atoms with Crippen molar-refractivity contribution in [2.75, 3.05) is 13.1 Å². The maximum Gasteiger partial charge on any atom is 0.324 e. The number of aromatic nitrogens is 3. The van der Waals surface area contributed by atoms with E-state index >= 15 is 0 Å². The molecule has 1 N–H and O–H groups in total. The summed E-state index contributed by atoms with van der Waals surface area (Å²) in [6, 6.07) is -0.306. The van der Waals surface area contributed by atoms with Crippen LogP contribution in [-0.4, -0.2) is 49.9 Å². The summed E-state index contributed by atoms with van der Waals surface area (Å²) < 4.78 is 1.95. The van der Waals surface area contributed by atoms with Gasteiger partial charge < -0.3 is 9.88 Å². The first-order valence-electron chi connectivity index (χ1n) is 6.73. The molecular formula is C12H17N5O2S. The van der Waals surface area contributed by atoms with Gasteiger partial charge in [0, 0.05) is 26.1 Å². The van der Waals surface area contributed by atoms with Crippen LogP contribution >= 0.6 is 11.8 Å². The summed E-state index contributed by atoms with van der Waals surface area (Å²) in [5.41, 5.74) is 0. The van der Waals surface area contributed by atoms with E-state index in [1.165, 1.54) is 29.5 Å². The monoisotopic (exact) mass is 295 g/mol. The molecule has 1 aliphatic carbocycles. The van der Waals surface area contributed by atoms with Gasteiger partial charge in [-0.3, -0.25) is 9.69 Å². The van der Waals surface area contributed by atoms with Crippen LogP contribution in [0, 0.1) is 0 Å². The van der Waals surface area contributed by atoms with Gasteiger partial charge in [-0.15, -0.1) is 10.2 Å². The van der Waals surface area contributed by atoms with E-state index in [2.05, 4.69) is 15.5 Å². The third-order valence-corrected chi connectivity index (χ3v) is 4.69. The van der Waals surface area contributed by atoms with Gasteiger partial charge in [0.05, 0.1) is 5.25 Å². The Balaban J connectivity index is 1.67. The Morgan fingerprint density at radius 3 is 2.80 bits per heavy atom. The smallest absolute Gasteiger partial charge is 0.324 e. The lowest BCUT2D eigenvalue weighted by molar-refractivity contribution is -0.126. The Hall–Kier alpha value is -1.57. The van der Waals surface area contributed by atoms with Crippen molar-refractivity contribution in [3.8, 4) is 0 Å². The van der Waals surface area contributed by atoms with Crippen LogP contribution in [0.4, 0.5) is 4.79 Å². The summed E-state index contributed by atoms with van der Waals surface area (Å²) in [6.45, 7) is 2.76. The van der Waals surface area contributed by atoms with Crippen molar-refractivity contribution in [3.63, 3.8) is 0 Å². The normalized spacial score (nSPS) is 20.1. The molecule has 8 heteroatoms. The molecule has 2 fully saturated rings. The van der Waals surface area contributed by atoms with E-state index in [9.17, 15) is 9.59 Å². The number of nitrogens with zero attached hydrogens (tertiary/aromatic N) is 4. The number of carbonyl (C=O) groups is 2. The first kappa shape index (κ1) is 13.4. The quantitative estimate of drug-likeness (QED) is 0.828. The fourth-order valence-corrected chi connectivity index (χ4v) is 3.12. The summed E-state index contributed by atoms with van der Waals surface area (Å²) >= 11 is 1.35. The number of urea groups is 1. The third kappa shape index (κ3) is 2.39. The van der Waals surface area contributed by atoms with Gasteiger partial charge >= 0.3 is 6.03 Å². The SMILES string of the molecule is C[C@@H](Sc1nnc(C2CC2)n1C)C(=O)N1CCNC1=O. The maximum atomic E-state index is 12.2. The number of imide groups is 1. The van der Waals surface area contributed by atoms with Gasteiger partial charge in [-0.25, -0.2) is 4.79 Å². The van der Waals surface area contributed by atoms with Gasteiger partial charge in [-0.1, -0.05) is 11.8 Å². The van der Waals surface area contributed by atoms with Gasteiger partial charge in [-0.05, 0) is 19.8 Å². The lowest BCUT2D eigenvalue weighted by Gasteiger charge is -2.16. The zero-order chi connectivity index (χ0) is 14.3. The van der Waals surface area contributed by atoms with Gasteiger partial charge in [-0.2, -0.15) is 0 Å². The summed E-state index contributed by atoms with van der Waals surface area (Å²) in [4.78, 5) is 25.0. The molecule has 108 valence electrons. The highest BCUT2D eigenvalue weighted by Gasteiger charge is 2.33. The average Bonchev–Trinajstić information content (AvgIpc) is 3.08. The number of carbonyl (C=O) groups excluding carboxylic acids is 2. The predicted octanol–water partition coefficient (Wildman–Crippen LogP) is 0.725. The molecule has 1 aliphatic heterocycles. The molecule has 1 atom stereocenters. The summed E-state index contributed by atoms with van der Waals surface area (Å²) in [7, 11) is 1.93. The minimum Gasteiger partial charge on any atom is -0.336 e. The Morgan fingerprint density at radius 1 is 1.45 bits per heavy atom. The van der Waals surface area contributed by atoms with Crippen LogP contribution in [0.25, 0.3) is 0 Å². The lowest BCUT2D eigenvalue weighted by Crippen LogP contribution is -2.39. The van der Waals surface area contributed by atoms with Crippen molar-refractivity contribution in [1.29, 1.82) is 0 Å². The van der Waals surface area contributed by atoms with E-state index < -0.39 is 0 Å². The van der Waals surface area contributed by atoms with Gasteiger partial charge in [0.1, 0.15) is 5.82 Å². The standard InChI is InChI=1S/C12H17N5O2S/c1-7(10(18)17-6-5-13-11(17)19)20-12-15-14-9(16(12)2)8-3-4-8/h7-8H,3-6H2,1-2H3,(H,13,19)/t7-/m1/s1. The zero-order valence-electron chi connectivity index (χ0n) is 11.5. The highest BCUT2D eigenvalue weighted by atomic mass is 32.2. The highest BCUT2D eigenvalue weighted by Crippen LogP contribution is 2.39. The second kappa shape index (κ2) is 5.08. The minimum absolute atomic E-state index is 0.180. The van der Waals surface area contributed by atoms with E-state index in [-0.39, 0.29) is 17.2 Å². The first-order chi connectivity index (χ1) is 9.58. The van der Waals surface area contributed by atoms with Crippen LogP contribution in [0.5, 0.6) is 0 Å². The molecule has 0 bridgehead atoms. The molecule has 1 saturated carbocycles. The maximum absolute atomic E-state index is 12.2. The summed E-state index contributed by atoms with van der Waals surface area (Å²) in [5, 5.41) is 11.3. The zero-order valence-corrected chi connectivity index (χ0v) is 12.3. The molecule has 2 aliphatic rings. The largest absolute Gasteiger partial charge is 0.336 e. The Bertz CT molecular complexity index is 554. The molecule has 0 aromatic carbocycles. The third-order valence-electron chi connectivity index (χ3n) is 3.56. The number of nitrogens with one attached hydrogen (secondary N) is 1. The molecule has 7 nitrogen and oxygen atoms in total. The van der Waals surface area contributed by atoms with Crippen molar-refractivity contribution in [1.82, 2.24) is 25.0 Å². The highest BCUT2D eigenvalue weighted by molar-refractivity contribution is 8.00. The van der Waals surface area contributed by atoms with E-state index in [1.54, 1.807) is 6.92 Å². The van der Waals surface area contributed by atoms with Crippen LogP contribution in [0.15, 0.2) is 5.16 Å². The van der Waals surface area contributed by atoms with Crippen LogP contribution in [-0.2, 0) is 11.8 Å². The molecule has 1 aromatic heterocycles. The predicted molar refractivity (Wildman–Crippen MR) is 73.4 cm³/mol. The Morgan fingerprint density at radius 2 is 2.20 bits per heavy atom. The Kier molecular flexibility index (Phi) is 3.41. The molecule has 3 amide bonds. The number of rotatable bonds is 4. The van der Waals surface area contributed by atoms with Crippen molar-refractivity contribution < 1.29 is 9.59 Å². The van der Waals surface area contributed by atoms with Gasteiger partial charge in [0.25, 0.3) is 0 Å². The summed E-state index contributed by atoms with van der Waals surface area (Å²) in [5.74, 6) is 1.34. The molecule has 0 spiro atoms. The van der Waals surface area contributed by atoms with Crippen molar-refractivity contribution in [3.05, 3.63) is 5.82 Å². The Labute approximate surface area is 121 Å². The summed E-state index contributed by atoms with van der Waals surface area (Å²) in [6.07, 6.45) is 2.33. The fourth-order valence-electron chi connectivity index (χ4n) is 2.24. The average molecular weight is 295 g/mol. The number of thioether (sulfide) groups is 1. The molecule has 1 aromatic rings. The van der Waals surface area contributed by atoms with Crippen LogP contribution in [0.2, 0.25) is 0 Å². The molecule has 2 heterocycles. The number of amides is 3. The number of hydrogen-bond donors (Lipinski definition) is 1. The fraction of sp³-hybridized carbons (Fsp3) is 0.667. The molecule has 1 saturated heterocycles. The van der Waals surface area contributed by atoms with E-state index in [0.717, 1.165) is 11.0 Å². The van der Waals surface area contributed by atoms with Crippen LogP contribution in [0.1, 0.15) is 31.5 Å². The van der Waals surface area contributed by atoms with E-state index in [4.69, 9.17) is 0 Å². The first-order valence-corrected chi connectivity index (χ1v) is 7.61. The van der Waals surface area contributed by atoms with Gasteiger partial charge in [0.15, 0.2) is 5.16 Å². The van der Waals surface area contributed by atoms with E-state index in [0.29, 0.717) is 19.0 Å². The number of hydrogen-bond acceptors (Lipinski definition) is 5.